The van der Waals surface area contributed by atoms with Crippen LogP contribution in [0.5, 0.6) is 0 Å². The van der Waals surface area contributed by atoms with E-state index in [-0.39, 0.29) is 30.7 Å². The van der Waals surface area contributed by atoms with E-state index in [0.29, 0.717) is 12.5 Å². The van der Waals surface area contributed by atoms with Gasteiger partial charge >= 0.3 is 0 Å². The predicted octanol–water partition coefficient (Wildman–Crippen LogP) is 1.69. The van der Waals surface area contributed by atoms with Gasteiger partial charge in [-0.05, 0) is 0 Å². The van der Waals surface area contributed by atoms with Crippen LogP contribution in [0.3, 0.4) is 0 Å². The van der Waals surface area contributed by atoms with E-state index in [1.165, 1.54) is 11.5 Å². The van der Waals surface area contributed by atoms with Gasteiger partial charge in [0, 0.05) is 74.6 Å². The number of carbonyl (C=O) groups excluding carboxylic acids is 1. The molecular weight excluding hydrogens is 389 g/mol. The van der Waals surface area contributed by atoms with Crippen molar-refractivity contribution in [3.8, 4) is 0 Å². The van der Waals surface area contributed by atoms with Crippen molar-refractivity contribution >= 4 is 59.1 Å². The third-order valence-corrected chi connectivity index (χ3v) is 6.04. The Kier molecular flexibility index (Phi) is 9.66. The number of piperazine rings is 1. The molecule has 1 atom stereocenters. The highest BCUT2D eigenvalue weighted by atomic mass is 35.5. The molecule has 3 heterocycles. The standard InChI is InChI=1S/C14H23N5OS2.2ClH/c1-2-12-16-14(22-17-12)19-6-4-18(5-7-19)13(20)9-11-10-21-8-3-15-11;;/h11,15H,2-10H2,1H3;2*1H. The molecule has 2 fully saturated rings. The molecule has 2 saturated heterocycles. The molecule has 0 aromatic carbocycles. The second-order valence-electron chi connectivity index (χ2n) is 5.64. The molecule has 2 aliphatic rings. The minimum absolute atomic E-state index is 0. The fourth-order valence-corrected chi connectivity index (χ4v) is 4.50. The number of hydrogen-bond donors (Lipinski definition) is 1. The third kappa shape index (κ3) is 5.62. The van der Waals surface area contributed by atoms with Gasteiger partial charge in [0.15, 0.2) is 0 Å². The van der Waals surface area contributed by atoms with Gasteiger partial charge in [-0.2, -0.15) is 16.1 Å². The maximum absolute atomic E-state index is 12.4. The number of hydrogen-bond acceptors (Lipinski definition) is 7. The molecule has 1 N–H and O–H groups in total. The number of aryl methyl sites for hydroxylation is 1. The number of halogens is 2. The molecule has 0 aliphatic carbocycles. The van der Waals surface area contributed by atoms with Gasteiger partial charge in [0.1, 0.15) is 5.82 Å². The van der Waals surface area contributed by atoms with Crippen LogP contribution < -0.4 is 10.2 Å². The van der Waals surface area contributed by atoms with Crippen LogP contribution in [0.25, 0.3) is 0 Å². The molecule has 0 spiro atoms. The van der Waals surface area contributed by atoms with Crippen LogP contribution in [-0.4, -0.2) is 70.4 Å². The van der Waals surface area contributed by atoms with E-state index >= 15 is 0 Å². The van der Waals surface area contributed by atoms with E-state index in [0.717, 1.165) is 61.6 Å². The Balaban J connectivity index is 0.00000144. The normalized spacial score (nSPS) is 21.0. The summed E-state index contributed by atoms with van der Waals surface area (Å²) in [4.78, 5) is 21.2. The number of carbonyl (C=O) groups is 1. The van der Waals surface area contributed by atoms with Gasteiger partial charge < -0.3 is 15.1 Å². The van der Waals surface area contributed by atoms with Crippen LogP contribution in [0.1, 0.15) is 19.2 Å². The Morgan fingerprint density at radius 3 is 2.62 bits per heavy atom. The summed E-state index contributed by atoms with van der Waals surface area (Å²) in [6.45, 7) is 6.39. The molecule has 1 amide bonds. The minimum atomic E-state index is 0. The molecule has 0 saturated carbocycles. The first-order valence-electron chi connectivity index (χ1n) is 7.92. The van der Waals surface area contributed by atoms with Crippen molar-refractivity contribution in [1.82, 2.24) is 19.6 Å². The van der Waals surface area contributed by atoms with E-state index in [1.807, 2.05) is 16.7 Å². The van der Waals surface area contributed by atoms with Crippen molar-refractivity contribution in [3.63, 3.8) is 0 Å². The van der Waals surface area contributed by atoms with Gasteiger partial charge in [-0.25, -0.2) is 4.98 Å². The molecular formula is C14H25Cl2N5OS2. The van der Waals surface area contributed by atoms with E-state index in [4.69, 9.17) is 0 Å². The number of rotatable bonds is 4. The largest absolute Gasteiger partial charge is 0.343 e. The monoisotopic (exact) mass is 413 g/mol. The van der Waals surface area contributed by atoms with E-state index in [2.05, 4.69) is 26.5 Å². The topological polar surface area (TPSA) is 61.4 Å². The number of nitrogens with zero attached hydrogens (tertiary/aromatic N) is 4. The highest BCUT2D eigenvalue weighted by Gasteiger charge is 2.25. The Morgan fingerprint density at radius 2 is 2.04 bits per heavy atom. The van der Waals surface area contributed by atoms with Crippen LogP contribution >= 0.6 is 48.1 Å². The maximum Gasteiger partial charge on any atom is 0.224 e. The van der Waals surface area contributed by atoms with Gasteiger partial charge in [0.2, 0.25) is 11.0 Å². The number of nitrogens with one attached hydrogen (secondary N) is 1. The Hall–Kier alpha value is -0.280. The molecule has 10 heteroatoms. The fourth-order valence-electron chi connectivity index (χ4n) is 2.75. The Bertz CT molecular complexity index is 505. The van der Waals surface area contributed by atoms with Crippen LogP contribution in [0.4, 0.5) is 5.13 Å². The first-order chi connectivity index (χ1) is 10.8. The van der Waals surface area contributed by atoms with Crippen molar-refractivity contribution in [2.75, 3.05) is 49.1 Å². The second kappa shape index (κ2) is 10.7. The zero-order valence-corrected chi connectivity index (χ0v) is 17.0. The summed E-state index contributed by atoms with van der Waals surface area (Å²) in [6, 6.07) is 0.347. The van der Waals surface area contributed by atoms with Crippen LogP contribution in [-0.2, 0) is 11.2 Å². The van der Waals surface area contributed by atoms with Crippen molar-refractivity contribution in [2.24, 2.45) is 0 Å². The Labute approximate surface area is 164 Å². The molecule has 1 aromatic rings. The summed E-state index contributed by atoms with van der Waals surface area (Å²) in [5.41, 5.74) is 0. The zero-order valence-electron chi connectivity index (χ0n) is 13.8. The van der Waals surface area contributed by atoms with Gasteiger partial charge in [-0.15, -0.1) is 24.8 Å². The molecule has 1 aromatic heterocycles. The first kappa shape index (κ1) is 21.8. The van der Waals surface area contributed by atoms with E-state index in [1.54, 1.807) is 0 Å². The van der Waals surface area contributed by atoms with Gasteiger partial charge in [-0.3, -0.25) is 4.79 Å². The van der Waals surface area contributed by atoms with Crippen LogP contribution in [0.2, 0.25) is 0 Å². The lowest BCUT2D eigenvalue weighted by molar-refractivity contribution is -0.131. The lowest BCUT2D eigenvalue weighted by Gasteiger charge is -2.35. The van der Waals surface area contributed by atoms with Crippen LogP contribution in [0, 0.1) is 0 Å². The highest BCUT2D eigenvalue weighted by molar-refractivity contribution is 7.99. The number of thioether (sulfide) groups is 1. The lowest BCUT2D eigenvalue weighted by Crippen LogP contribution is -2.50. The summed E-state index contributed by atoms with van der Waals surface area (Å²) in [5.74, 6) is 3.41. The summed E-state index contributed by atoms with van der Waals surface area (Å²) in [7, 11) is 0. The van der Waals surface area contributed by atoms with Crippen molar-refractivity contribution in [1.29, 1.82) is 0 Å². The summed E-state index contributed by atoms with van der Waals surface area (Å²) < 4.78 is 4.34. The van der Waals surface area contributed by atoms with E-state index in [9.17, 15) is 4.79 Å². The SMILES string of the molecule is CCc1nsc(N2CCN(C(=O)CC3CSCCN3)CC2)n1.Cl.Cl. The Morgan fingerprint density at radius 1 is 1.29 bits per heavy atom. The van der Waals surface area contributed by atoms with Crippen molar-refractivity contribution in [2.45, 2.75) is 25.8 Å². The molecule has 2 aliphatic heterocycles. The molecule has 138 valence electrons. The number of anilines is 1. The highest BCUT2D eigenvalue weighted by Crippen LogP contribution is 2.20. The van der Waals surface area contributed by atoms with Crippen molar-refractivity contribution in [3.05, 3.63) is 5.82 Å². The molecule has 1 unspecified atom stereocenters. The quantitative estimate of drug-likeness (QED) is 0.809. The lowest BCUT2D eigenvalue weighted by atomic mass is 10.2. The summed E-state index contributed by atoms with van der Waals surface area (Å²) in [5, 5.41) is 4.43. The second-order valence-corrected chi connectivity index (χ2v) is 7.52. The molecule has 24 heavy (non-hydrogen) atoms. The summed E-state index contributed by atoms with van der Waals surface area (Å²) >= 11 is 3.41. The number of aromatic nitrogens is 2. The maximum atomic E-state index is 12.4. The minimum Gasteiger partial charge on any atom is -0.343 e. The average molecular weight is 414 g/mol. The molecule has 0 bridgehead atoms. The third-order valence-electron chi connectivity index (χ3n) is 4.10. The summed E-state index contributed by atoms with van der Waals surface area (Å²) in [6.07, 6.45) is 1.51. The van der Waals surface area contributed by atoms with Crippen molar-refractivity contribution < 1.29 is 4.79 Å². The number of amides is 1. The van der Waals surface area contributed by atoms with Gasteiger partial charge in [0.05, 0.1) is 0 Å². The van der Waals surface area contributed by atoms with E-state index < -0.39 is 0 Å². The average Bonchev–Trinajstić information content (AvgIpc) is 3.05. The van der Waals surface area contributed by atoms with Gasteiger partial charge in [-0.1, -0.05) is 6.92 Å². The molecule has 6 nitrogen and oxygen atoms in total. The predicted molar refractivity (Wildman–Crippen MR) is 106 cm³/mol. The fraction of sp³-hybridized carbons (Fsp3) is 0.786. The zero-order chi connectivity index (χ0) is 15.4. The first-order valence-corrected chi connectivity index (χ1v) is 9.85. The van der Waals surface area contributed by atoms with Crippen LogP contribution in [0.15, 0.2) is 0 Å². The smallest absolute Gasteiger partial charge is 0.224 e. The molecule has 3 rings (SSSR count). The van der Waals surface area contributed by atoms with Gasteiger partial charge in [0.25, 0.3) is 0 Å². The molecule has 0 radical (unpaired) electrons.